The van der Waals surface area contributed by atoms with E-state index >= 15 is 0 Å². The number of fused-ring (bicyclic) bond motifs is 2. The van der Waals surface area contributed by atoms with Crippen LogP contribution < -0.4 is 0 Å². The molecular weight excluding hydrogens is 124 g/mol. The molecule has 0 aliphatic carbocycles. The van der Waals surface area contributed by atoms with Gasteiger partial charge >= 0.3 is 0 Å². The molecule has 2 aliphatic heterocycles. The van der Waals surface area contributed by atoms with Gasteiger partial charge in [-0.1, -0.05) is 26.0 Å². The third-order valence-corrected chi connectivity index (χ3v) is 2.63. The molecule has 0 amide bonds. The average molecular weight is 138 g/mol. The van der Waals surface area contributed by atoms with Crippen LogP contribution in [0.2, 0.25) is 0 Å². The first-order chi connectivity index (χ1) is 4.77. The summed E-state index contributed by atoms with van der Waals surface area (Å²) in [7, 11) is 0. The summed E-state index contributed by atoms with van der Waals surface area (Å²) in [5.74, 6) is 1.56. The summed E-state index contributed by atoms with van der Waals surface area (Å²) in [6, 6.07) is 0. The second kappa shape index (κ2) is 2.09. The molecule has 56 valence electrons. The smallest absolute Gasteiger partial charge is 0.0796 e. The van der Waals surface area contributed by atoms with Crippen molar-refractivity contribution in [2.45, 2.75) is 32.5 Å². The van der Waals surface area contributed by atoms with Gasteiger partial charge in [0.1, 0.15) is 0 Å². The zero-order valence-corrected chi connectivity index (χ0v) is 6.58. The van der Waals surface area contributed by atoms with Crippen molar-refractivity contribution in [2.75, 3.05) is 0 Å². The lowest BCUT2D eigenvalue weighted by molar-refractivity contribution is 0.101. The molecule has 2 heterocycles. The lowest BCUT2D eigenvalue weighted by Crippen LogP contribution is -2.18. The Kier molecular flexibility index (Phi) is 1.34. The Bertz CT molecular complexity index is 160. The van der Waals surface area contributed by atoms with Gasteiger partial charge in [0.2, 0.25) is 0 Å². The van der Waals surface area contributed by atoms with E-state index < -0.39 is 0 Å². The monoisotopic (exact) mass is 138 g/mol. The van der Waals surface area contributed by atoms with Crippen molar-refractivity contribution < 1.29 is 4.74 Å². The predicted octanol–water partition coefficient (Wildman–Crippen LogP) is 1.99. The molecule has 0 radical (unpaired) electrons. The Morgan fingerprint density at radius 3 is 2.50 bits per heavy atom. The number of ether oxygens (including phenoxy) is 1. The molecule has 1 heteroatoms. The van der Waals surface area contributed by atoms with Crippen LogP contribution in [0.25, 0.3) is 0 Å². The van der Waals surface area contributed by atoms with Crippen molar-refractivity contribution in [1.29, 1.82) is 0 Å². The maximum absolute atomic E-state index is 5.64. The molecule has 3 unspecified atom stereocenters. The molecular formula is C9H14O. The van der Waals surface area contributed by atoms with Gasteiger partial charge in [-0.15, -0.1) is 0 Å². The fourth-order valence-electron chi connectivity index (χ4n) is 1.96. The third-order valence-electron chi connectivity index (χ3n) is 2.63. The summed E-state index contributed by atoms with van der Waals surface area (Å²) in [6.45, 7) is 4.56. The lowest BCUT2D eigenvalue weighted by Gasteiger charge is -2.18. The third kappa shape index (κ3) is 0.807. The normalized spacial score (nSPS) is 43.7. The standard InChI is InChI=1S/C9H14O/c1-6(2)8-5-7-3-4-9(8)10-7/h3-4,6-9H,5H2,1-2H3. The van der Waals surface area contributed by atoms with Crippen molar-refractivity contribution in [3.8, 4) is 0 Å². The highest BCUT2D eigenvalue weighted by molar-refractivity contribution is 5.11. The zero-order chi connectivity index (χ0) is 7.14. The van der Waals surface area contributed by atoms with E-state index in [9.17, 15) is 0 Å². The topological polar surface area (TPSA) is 9.23 Å². The van der Waals surface area contributed by atoms with Gasteiger partial charge in [-0.2, -0.15) is 0 Å². The Labute approximate surface area is 62.1 Å². The molecule has 0 spiro atoms. The van der Waals surface area contributed by atoms with E-state index in [4.69, 9.17) is 4.74 Å². The van der Waals surface area contributed by atoms with Crippen LogP contribution in [0, 0.1) is 11.8 Å². The number of rotatable bonds is 1. The Balaban J connectivity index is 2.09. The van der Waals surface area contributed by atoms with E-state index in [1.807, 2.05) is 0 Å². The molecule has 0 aromatic carbocycles. The van der Waals surface area contributed by atoms with Gasteiger partial charge in [0, 0.05) is 0 Å². The first-order valence-corrected chi connectivity index (χ1v) is 4.11. The minimum atomic E-state index is 0.449. The van der Waals surface area contributed by atoms with Crippen LogP contribution >= 0.6 is 0 Å². The van der Waals surface area contributed by atoms with E-state index in [2.05, 4.69) is 26.0 Å². The van der Waals surface area contributed by atoms with Crippen molar-refractivity contribution in [3.05, 3.63) is 12.2 Å². The highest BCUT2D eigenvalue weighted by Crippen LogP contribution is 2.37. The highest BCUT2D eigenvalue weighted by atomic mass is 16.5. The summed E-state index contributed by atoms with van der Waals surface area (Å²) in [6.07, 6.45) is 6.57. The summed E-state index contributed by atoms with van der Waals surface area (Å²) >= 11 is 0. The van der Waals surface area contributed by atoms with Crippen molar-refractivity contribution >= 4 is 0 Å². The fraction of sp³-hybridized carbons (Fsp3) is 0.778. The predicted molar refractivity (Wildman–Crippen MR) is 40.7 cm³/mol. The minimum Gasteiger partial charge on any atom is -0.367 e. The van der Waals surface area contributed by atoms with Crippen molar-refractivity contribution in [1.82, 2.24) is 0 Å². The molecule has 10 heavy (non-hydrogen) atoms. The molecule has 1 fully saturated rings. The van der Waals surface area contributed by atoms with E-state index in [1.165, 1.54) is 6.42 Å². The molecule has 0 N–H and O–H groups in total. The first-order valence-electron chi connectivity index (χ1n) is 4.11. The van der Waals surface area contributed by atoms with Gasteiger partial charge in [0.25, 0.3) is 0 Å². The summed E-state index contributed by atoms with van der Waals surface area (Å²) in [5.41, 5.74) is 0. The lowest BCUT2D eigenvalue weighted by atomic mass is 9.85. The number of hydrogen-bond acceptors (Lipinski definition) is 1. The van der Waals surface area contributed by atoms with Gasteiger partial charge in [-0.05, 0) is 18.3 Å². The van der Waals surface area contributed by atoms with Crippen LogP contribution in [-0.2, 0) is 4.74 Å². The largest absolute Gasteiger partial charge is 0.367 e. The summed E-state index contributed by atoms with van der Waals surface area (Å²) < 4.78 is 5.64. The quantitative estimate of drug-likeness (QED) is 0.503. The van der Waals surface area contributed by atoms with E-state index in [0.717, 1.165) is 11.8 Å². The second-order valence-corrected chi connectivity index (χ2v) is 3.67. The number of hydrogen-bond donors (Lipinski definition) is 0. The Morgan fingerprint density at radius 2 is 2.20 bits per heavy atom. The van der Waals surface area contributed by atoms with Crippen molar-refractivity contribution in [3.63, 3.8) is 0 Å². The molecule has 2 rings (SSSR count). The molecule has 1 saturated heterocycles. The minimum absolute atomic E-state index is 0.449. The van der Waals surface area contributed by atoms with Crippen LogP contribution in [0.1, 0.15) is 20.3 Å². The van der Waals surface area contributed by atoms with Crippen LogP contribution in [0.15, 0.2) is 12.2 Å². The molecule has 0 aromatic rings. The maximum Gasteiger partial charge on any atom is 0.0796 e. The maximum atomic E-state index is 5.64. The van der Waals surface area contributed by atoms with Crippen LogP contribution in [-0.4, -0.2) is 12.2 Å². The Hall–Kier alpha value is -0.300. The van der Waals surface area contributed by atoms with E-state index in [1.54, 1.807) is 0 Å². The van der Waals surface area contributed by atoms with Crippen LogP contribution in [0.5, 0.6) is 0 Å². The molecule has 2 bridgehead atoms. The average Bonchev–Trinajstić information content (AvgIpc) is 2.44. The van der Waals surface area contributed by atoms with E-state index in [-0.39, 0.29) is 0 Å². The van der Waals surface area contributed by atoms with Gasteiger partial charge in [-0.3, -0.25) is 0 Å². The van der Waals surface area contributed by atoms with Gasteiger partial charge in [0.15, 0.2) is 0 Å². The molecule has 1 nitrogen and oxygen atoms in total. The van der Waals surface area contributed by atoms with Gasteiger partial charge < -0.3 is 4.74 Å². The zero-order valence-electron chi connectivity index (χ0n) is 6.58. The first kappa shape index (κ1) is 6.41. The van der Waals surface area contributed by atoms with Crippen LogP contribution in [0.4, 0.5) is 0 Å². The van der Waals surface area contributed by atoms with Crippen LogP contribution in [0.3, 0.4) is 0 Å². The molecule has 2 aliphatic rings. The molecule has 0 saturated carbocycles. The van der Waals surface area contributed by atoms with Crippen molar-refractivity contribution in [2.24, 2.45) is 11.8 Å². The van der Waals surface area contributed by atoms with Gasteiger partial charge in [0.05, 0.1) is 12.2 Å². The SMILES string of the molecule is CC(C)C1CC2C=CC1O2. The summed E-state index contributed by atoms with van der Waals surface area (Å²) in [5, 5.41) is 0. The molecule has 3 atom stereocenters. The van der Waals surface area contributed by atoms with E-state index in [0.29, 0.717) is 12.2 Å². The Morgan fingerprint density at radius 1 is 1.40 bits per heavy atom. The van der Waals surface area contributed by atoms with Gasteiger partial charge in [-0.25, -0.2) is 0 Å². The second-order valence-electron chi connectivity index (χ2n) is 3.67. The fourth-order valence-corrected chi connectivity index (χ4v) is 1.96. The summed E-state index contributed by atoms with van der Waals surface area (Å²) in [4.78, 5) is 0. The highest BCUT2D eigenvalue weighted by Gasteiger charge is 2.37. The molecule has 0 aromatic heterocycles.